The Labute approximate surface area is 101 Å². The lowest BCUT2D eigenvalue weighted by Crippen LogP contribution is -2.39. The molecule has 2 rings (SSSR count). The Balaban J connectivity index is 2.03. The highest BCUT2D eigenvalue weighted by Gasteiger charge is 2.21. The fourth-order valence-electron chi connectivity index (χ4n) is 1.85. The summed E-state index contributed by atoms with van der Waals surface area (Å²) in [5, 5.41) is 1.77. The topological polar surface area (TPSA) is 25.4 Å². The molecule has 1 unspecified atom stereocenters. The van der Waals surface area contributed by atoms with Crippen molar-refractivity contribution in [3.8, 4) is 0 Å². The van der Waals surface area contributed by atoms with Crippen molar-refractivity contribution >= 4 is 17.6 Å². The van der Waals surface area contributed by atoms with E-state index < -0.39 is 0 Å². The van der Waals surface area contributed by atoms with Gasteiger partial charge in [-0.15, -0.1) is 0 Å². The molecule has 3 nitrogen and oxygen atoms in total. The summed E-state index contributed by atoms with van der Waals surface area (Å²) in [6.45, 7) is 5.47. The molecule has 0 spiro atoms. The van der Waals surface area contributed by atoms with Gasteiger partial charge in [-0.25, -0.2) is 0 Å². The minimum atomic E-state index is 0.136. The monoisotopic (exact) mass is 236 g/mol. The highest BCUT2D eigenvalue weighted by atomic mass is 32.1. The Morgan fingerprint density at radius 2 is 2.50 bits per heavy atom. The minimum absolute atomic E-state index is 0.136. The van der Waals surface area contributed by atoms with Crippen molar-refractivity contribution in [1.29, 1.82) is 0 Å². The molecule has 1 saturated heterocycles. The zero-order chi connectivity index (χ0) is 11.4. The van der Waals surface area contributed by atoms with Gasteiger partial charge in [-0.2, -0.15) is 0 Å². The molecule has 1 aromatic heterocycles. The second-order valence-electron chi connectivity index (χ2n) is 4.02. The van der Waals surface area contributed by atoms with Gasteiger partial charge in [0.1, 0.15) is 0 Å². The van der Waals surface area contributed by atoms with Crippen LogP contribution >= 0.6 is 12.2 Å². The van der Waals surface area contributed by atoms with Gasteiger partial charge in [0.2, 0.25) is 0 Å². The number of aromatic nitrogens is 1. The minimum Gasteiger partial charge on any atom is -0.371 e. The Bertz CT molecular complexity index is 353. The van der Waals surface area contributed by atoms with E-state index in [4.69, 9.17) is 17.0 Å². The summed E-state index contributed by atoms with van der Waals surface area (Å²) in [4.78, 5) is 6.61. The number of pyridine rings is 1. The number of rotatable bonds is 3. The molecule has 1 aliphatic heterocycles. The van der Waals surface area contributed by atoms with Crippen molar-refractivity contribution < 1.29 is 4.74 Å². The molecule has 0 aliphatic carbocycles. The largest absolute Gasteiger partial charge is 0.371 e. The molecular formula is C12H16N2OS. The van der Waals surface area contributed by atoms with E-state index in [9.17, 15) is 0 Å². The Morgan fingerprint density at radius 3 is 3.19 bits per heavy atom. The van der Waals surface area contributed by atoms with Crippen LogP contribution in [0.4, 0.5) is 0 Å². The number of hydrogen-bond acceptors (Lipinski definition) is 4. The third kappa shape index (κ3) is 2.84. The molecule has 0 saturated carbocycles. The van der Waals surface area contributed by atoms with Gasteiger partial charge in [0, 0.05) is 37.1 Å². The van der Waals surface area contributed by atoms with Crippen LogP contribution in [0.1, 0.15) is 17.4 Å². The third-order valence-electron chi connectivity index (χ3n) is 2.79. The van der Waals surface area contributed by atoms with E-state index in [1.807, 2.05) is 19.2 Å². The molecular weight excluding hydrogens is 220 g/mol. The molecule has 86 valence electrons. The molecule has 4 heteroatoms. The van der Waals surface area contributed by atoms with Crippen LogP contribution in [0.25, 0.3) is 0 Å². The van der Waals surface area contributed by atoms with Gasteiger partial charge in [-0.05, 0) is 18.4 Å². The standard InChI is InChI=1S/C12H16N2OS/c1-10-2-3-11(8-13-10)12-9-14(5-7-16)4-6-15-12/h2-3,7-8,12H,4-6,9H2,1H3. The van der Waals surface area contributed by atoms with Crippen LogP contribution in [-0.4, -0.2) is 41.5 Å². The predicted octanol–water partition coefficient (Wildman–Crippen LogP) is 1.76. The third-order valence-corrected chi connectivity index (χ3v) is 2.94. The first kappa shape index (κ1) is 11.6. The van der Waals surface area contributed by atoms with Gasteiger partial charge in [-0.1, -0.05) is 18.3 Å². The van der Waals surface area contributed by atoms with Crippen molar-refractivity contribution in [3.05, 3.63) is 29.6 Å². The second-order valence-corrected chi connectivity index (χ2v) is 4.35. The number of hydrogen-bond donors (Lipinski definition) is 0. The maximum Gasteiger partial charge on any atom is 0.0967 e. The van der Waals surface area contributed by atoms with Crippen molar-refractivity contribution in [1.82, 2.24) is 9.88 Å². The quantitative estimate of drug-likeness (QED) is 0.747. The van der Waals surface area contributed by atoms with Crippen LogP contribution in [0, 0.1) is 6.92 Å². The van der Waals surface area contributed by atoms with E-state index in [1.165, 1.54) is 0 Å². The normalized spacial score (nSPS) is 21.9. The number of ether oxygens (including phenoxy) is 1. The van der Waals surface area contributed by atoms with E-state index in [0.717, 1.165) is 37.5 Å². The van der Waals surface area contributed by atoms with Gasteiger partial charge in [-0.3, -0.25) is 9.88 Å². The van der Waals surface area contributed by atoms with Gasteiger partial charge in [0.25, 0.3) is 0 Å². The molecule has 1 atom stereocenters. The second kappa shape index (κ2) is 5.48. The average Bonchev–Trinajstić information content (AvgIpc) is 2.31. The number of morpholine rings is 1. The SMILES string of the molecule is Cc1ccc(C2CN(CC=S)CCO2)cn1. The molecule has 0 radical (unpaired) electrons. The van der Waals surface area contributed by atoms with Gasteiger partial charge in [0.05, 0.1) is 12.7 Å². The maximum atomic E-state index is 5.75. The van der Waals surface area contributed by atoms with Gasteiger partial charge < -0.3 is 4.74 Å². The first-order chi connectivity index (χ1) is 7.79. The van der Waals surface area contributed by atoms with E-state index in [2.05, 4.69) is 16.0 Å². The molecule has 1 aliphatic rings. The maximum absolute atomic E-state index is 5.75. The number of nitrogens with zero attached hydrogens (tertiary/aromatic N) is 2. The lowest BCUT2D eigenvalue weighted by atomic mass is 10.1. The summed E-state index contributed by atoms with van der Waals surface area (Å²) in [6.07, 6.45) is 2.04. The van der Waals surface area contributed by atoms with E-state index >= 15 is 0 Å². The van der Waals surface area contributed by atoms with E-state index in [0.29, 0.717) is 0 Å². The Kier molecular flexibility index (Phi) is 3.98. The molecule has 0 N–H and O–H groups in total. The fourth-order valence-corrected chi connectivity index (χ4v) is 2.06. The van der Waals surface area contributed by atoms with E-state index in [1.54, 1.807) is 5.37 Å². The predicted molar refractivity (Wildman–Crippen MR) is 67.8 cm³/mol. The Hall–Kier alpha value is -0.840. The summed E-state index contributed by atoms with van der Waals surface area (Å²) >= 11 is 4.89. The van der Waals surface area contributed by atoms with Crippen LogP contribution in [0.3, 0.4) is 0 Å². The highest BCUT2D eigenvalue weighted by Crippen LogP contribution is 2.21. The summed E-state index contributed by atoms with van der Waals surface area (Å²) in [5.74, 6) is 0. The zero-order valence-electron chi connectivity index (χ0n) is 9.43. The smallest absolute Gasteiger partial charge is 0.0967 e. The van der Waals surface area contributed by atoms with E-state index in [-0.39, 0.29) is 6.10 Å². The summed E-state index contributed by atoms with van der Waals surface area (Å²) < 4.78 is 5.75. The van der Waals surface area contributed by atoms with Gasteiger partial charge in [0.15, 0.2) is 0 Å². The summed E-state index contributed by atoms with van der Waals surface area (Å²) in [6, 6.07) is 4.12. The Morgan fingerprint density at radius 1 is 1.62 bits per heavy atom. The van der Waals surface area contributed by atoms with Crippen LogP contribution in [-0.2, 0) is 4.74 Å². The number of thiocarbonyl (C=S) groups is 1. The first-order valence-electron chi connectivity index (χ1n) is 5.50. The highest BCUT2D eigenvalue weighted by molar-refractivity contribution is 7.79. The zero-order valence-corrected chi connectivity index (χ0v) is 10.2. The van der Waals surface area contributed by atoms with Crippen molar-refractivity contribution in [2.75, 3.05) is 26.2 Å². The van der Waals surface area contributed by atoms with Crippen LogP contribution in [0.15, 0.2) is 18.3 Å². The van der Waals surface area contributed by atoms with Crippen molar-refractivity contribution in [2.45, 2.75) is 13.0 Å². The lowest BCUT2D eigenvalue weighted by molar-refractivity contribution is -0.0244. The molecule has 2 heterocycles. The molecule has 16 heavy (non-hydrogen) atoms. The molecule has 1 aromatic rings. The van der Waals surface area contributed by atoms with Crippen LogP contribution in [0.5, 0.6) is 0 Å². The fraction of sp³-hybridized carbons (Fsp3) is 0.500. The van der Waals surface area contributed by atoms with Crippen LogP contribution in [0.2, 0.25) is 0 Å². The molecule has 0 amide bonds. The molecule has 0 bridgehead atoms. The first-order valence-corrected chi connectivity index (χ1v) is 5.97. The average molecular weight is 236 g/mol. The van der Waals surface area contributed by atoms with Crippen LogP contribution < -0.4 is 0 Å². The molecule has 1 fully saturated rings. The summed E-state index contributed by atoms with van der Waals surface area (Å²) in [7, 11) is 0. The van der Waals surface area contributed by atoms with Crippen molar-refractivity contribution in [3.63, 3.8) is 0 Å². The van der Waals surface area contributed by atoms with Gasteiger partial charge >= 0.3 is 0 Å². The lowest BCUT2D eigenvalue weighted by Gasteiger charge is -2.32. The number of aryl methyl sites for hydroxylation is 1. The van der Waals surface area contributed by atoms with Crippen molar-refractivity contribution in [2.24, 2.45) is 0 Å². The summed E-state index contributed by atoms with van der Waals surface area (Å²) in [5.41, 5.74) is 2.19. The molecule has 0 aromatic carbocycles.